The van der Waals surface area contributed by atoms with Gasteiger partial charge in [0.2, 0.25) is 0 Å². The second-order valence-electron chi connectivity index (χ2n) is 9.41. The number of hydrogen-bond donors (Lipinski definition) is 1. The summed E-state index contributed by atoms with van der Waals surface area (Å²) in [6.45, 7) is 5.74. The summed E-state index contributed by atoms with van der Waals surface area (Å²) in [6.07, 6.45) is 12.5. The van der Waals surface area contributed by atoms with Crippen molar-refractivity contribution in [3.63, 3.8) is 0 Å². The Morgan fingerprint density at radius 1 is 0.938 bits per heavy atom. The molecule has 0 saturated carbocycles. The second kappa shape index (κ2) is 6.59. The lowest BCUT2D eigenvalue weighted by atomic mass is 9.55. The topological polar surface area (TPSA) is 66.1 Å². The fourth-order valence-corrected chi connectivity index (χ4v) is 5.55. The number of aliphatic imine (C=N–C) groups is 1. The van der Waals surface area contributed by atoms with Gasteiger partial charge in [-0.25, -0.2) is 4.99 Å². The van der Waals surface area contributed by atoms with E-state index in [0.29, 0.717) is 19.8 Å². The van der Waals surface area contributed by atoms with Gasteiger partial charge in [0, 0.05) is 5.56 Å². The minimum Gasteiger partial charge on any atom is -0.487 e. The van der Waals surface area contributed by atoms with Crippen LogP contribution >= 0.6 is 0 Å². The zero-order chi connectivity index (χ0) is 22.0. The lowest BCUT2D eigenvalue weighted by molar-refractivity contribution is -0.247. The van der Waals surface area contributed by atoms with E-state index in [9.17, 15) is 0 Å². The molecule has 1 saturated heterocycles. The molecular weight excluding hydrogens is 400 g/mol. The van der Waals surface area contributed by atoms with Gasteiger partial charge in [-0.3, -0.25) is 0 Å². The molecule has 3 aliphatic heterocycles. The van der Waals surface area contributed by atoms with Crippen LogP contribution in [0.5, 0.6) is 5.75 Å². The fourth-order valence-electron chi connectivity index (χ4n) is 5.55. The summed E-state index contributed by atoms with van der Waals surface area (Å²) in [6, 6.07) is 13.0. The molecule has 1 unspecified atom stereocenters. The van der Waals surface area contributed by atoms with Crippen LogP contribution in [-0.2, 0) is 15.0 Å². The fraction of sp³-hybridized carbons (Fsp3) is 0.296. The van der Waals surface area contributed by atoms with Crippen molar-refractivity contribution < 1.29 is 14.2 Å². The summed E-state index contributed by atoms with van der Waals surface area (Å²) in [5, 5.41) is 0. The molecule has 5 nitrogen and oxygen atoms in total. The lowest BCUT2D eigenvalue weighted by Gasteiger charge is -2.61. The maximum atomic E-state index is 6.56. The summed E-state index contributed by atoms with van der Waals surface area (Å²) in [5.74, 6) is 0.829. The zero-order valence-corrected chi connectivity index (χ0v) is 18.3. The normalized spacial score (nSPS) is 28.8. The Morgan fingerprint density at radius 2 is 1.75 bits per heavy atom. The molecule has 5 heteroatoms. The molecule has 2 N–H and O–H groups in total. The molecule has 4 aliphatic rings. The number of benzene rings is 2. The average Bonchev–Trinajstić information content (AvgIpc) is 3.08. The number of amidine groups is 1. The molecule has 2 aromatic rings. The Morgan fingerprint density at radius 3 is 2.47 bits per heavy atom. The number of ether oxygens (including phenoxy) is 3. The molecular formula is C27H26N2O3. The minimum atomic E-state index is -0.635. The highest BCUT2D eigenvalue weighted by Gasteiger charge is 2.71. The van der Waals surface area contributed by atoms with Crippen LogP contribution in [0, 0.1) is 5.41 Å². The van der Waals surface area contributed by atoms with Gasteiger partial charge in [-0.2, -0.15) is 0 Å². The number of nitrogens with zero attached hydrogens (tertiary/aromatic N) is 1. The first-order valence-corrected chi connectivity index (χ1v) is 11.0. The molecule has 3 heterocycles. The Labute approximate surface area is 187 Å². The largest absolute Gasteiger partial charge is 0.487 e. The van der Waals surface area contributed by atoms with Crippen molar-refractivity contribution in [1.29, 1.82) is 0 Å². The highest BCUT2D eigenvalue weighted by Crippen LogP contribution is 2.62. The van der Waals surface area contributed by atoms with Gasteiger partial charge in [0.05, 0.1) is 18.6 Å². The maximum Gasteiger partial charge on any atom is 0.283 e. The van der Waals surface area contributed by atoms with Crippen LogP contribution in [0.2, 0.25) is 0 Å². The van der Waals surface area contributed by atoms with E-state index < -0.39 is 11.1 Å². The summed E-state index contributed by atoms with van der Waals surface area (Å²) in [7, 11) is 0. The zero-order valence-electron chi connectivity index (χ0n) is 18.3. The lowest BCUT2D eigenvalue weighted by Crippen LogP contribution is -2.71. The molecule has 6 rings (SSSR count). The predicted molar refractivity (Wildman–Crippen MR) is 126 cm³/mol. The Balaban J connectivity index is 1.57. The van der Waals surface area contributed by atoms with Crippen LogP contribution in [0.3, 0.4) is 0 Å². The van der Waals surface area contributed by atoms with Gasteiger partial charge in [-0.1, -0.05) is 60.7 Å². The van der Waals surface area contributed by atoms with Gasteiger partial charge in [-0.05, 0) is 48.2 Å². The molecule has 0 bridgehead atoms. The maximum absolute atomic E-state index is 6.56. The summed E-state index contributed by atoms with van der Waals surface area (Å²) in [5.41, 5.74) is 10.3. The first-order chi connectivity index (χ1) is 15.5. The monoisotopic (exact) mass is 426 g/mol. The molecule has 1 fully saturated rings. The molecule has 32 heavy (non-hydrogen) atoms. The standard InChI is InChI=1S/C27H26N2O3/c1-25(2)26(15-30-16-26)27(17-31-24(28)29-27)22-14-19(12-13-23(22)32-25)21-11-7-9-18-8-5-3-4-6-10-20(18)21/h3-14H,15-17H2,1-2H3,(H2,28,29)/b4-3+,5-3?,6-4?,8-5+,10-6-,18-8?,20-10?. The first-order valence-electron chi connectivity index (χ1n) is 11.0. The molecule has 2 spiro atoms. The van der Waals surface area contributed by atoms with Crippen LogP contribution in [0.25, 0.3) is 23.3 Å². The number of hydrogen-bond acceptors (Lipinski definition) is 5. The van der Waals surface area contributed by atoms with Gasteiger partial charge in [0.25, 0.3) is 6.02 Å². The average molecular weight is 427 g/mol. The van der Waals surface area contributed by atoms with E-state index in [-0.39, 0.29) is 11.4 Å². The second-order valence-corrected chi connectivity index (χ2v) is 9.41. The molecule has 0 radical (unpaired) electrons. The molecule has 0 amide bonds. The summed E-state index contributed by atoms with van der Waals surface area (Å²) < 4.78 is 18.1. The van der Waals surface area contributed by atoms with Crippen LogP contribution in [0.15, 0.2) is 65.7 Å². The molecule has 162 valence electrons. The highest BCUT2D eigenvalue weighted by atomic mass is 16.5. The van der Waals surface area contributed by atoms with Crippen molar-refractivity contribution >= 4 is 18.2 Å². The van der Waals surface area contributed by atoms with E-state index in [1.165, 1.54) is 11.1 Å². The van der Waals surface area contributed by atoms with Gasteiger partial charge in [0.15, 0.2) is 0 Å². The van der Waals surface area contributed by atoms with Crippen molar-refractivity contribution in [3.8, 4) is 16.9 Å². The SMILES string of the molecule is CC1(C)Oc2ccc(-c3cccc4c3\C=C/C=C/C=C/4)cc2C2(COC(N)=N2)C12COC2. The van der Waals surface area contributed by atoms with Crippen LogP contribution in [-0.4, -0.2) is 31.4 Å². The van der Waals surface area contributed by atoms with Crippen LogP contribution in [0.1, 0.15) is 30.5 Å². The Hall–Kier alpha value is -3.31. The number of allylic oxidation sites excluding steroid dienone is 4. The van der Waals surface area contributed by atoms with Crippen molar-refractivity contribution in [2.45, 2.75) is 25.0 Å². The van der Waals surface area contributed by atoms with Gasteiger partial charge < -0.3 is 19.9 Å². The van der Waals surface area contributed by atoms with E-state index in [1.54, 1.807) is 0 Å². The predicted octanol–water partition coefficient (Wildman–Crippen LogP) is 4.68. The summed E-state index contributed by atoms with van der Waals surface area (Å²) >= 11 is 0. The third-order valence-electron chi connectivity index (χ3n) is 7.48. The Bertz CT molecular complexity index is 1230. The van der Waals surface area contributed by atoms with Crippen molar-refractivity contribution in [2.75, 3.05) is 19.8 Å². The van der Waals surface area contributed by atoms with E-state index in [0.717, 1.165) is 22.4 Å². The van der Waals surface area contributed by atoms with Gasteiger partial charge in [-0.15, -0.1) is 0 Å². The smallest absolute Gasteiger partial charge is 0.283 e. The molecule has 2 aromatic carbocycles. The van der Waals surface area contributed by atoms with Crippen molar-refractivity contribution in [3.05, 3.63) is 77.4 Å². The Kier molecular flexibility index (Phi) is 3.99. The molecule has 1 aliphatic carbocycles. The third kappa shape index (κ3) is 2.46. The van der Waals surface area contributed by atoms with E-state index >= 15 is 0 Å². The minimum absolute atomic E-state index is 0.231. The van der Waals surface area contributed by atoms with E-state index in [4.69, 9.17) is 24.9 Å². The quantitative estimate of drug-likeness (QED) is 0.719. The van der Waals surface area contributed by atoms with Crippen molar-refractivity contribution in [1.82, 2.24) is 0 Å². The number of rotatable bonds is 1. The number of fused-ring (bicyclic) bond motifs is 4. The van der Waals surface area contributed by atoms with E-state index in [1.807, 2.05) is 12.2 Å². The van der Waals surface area contributed by atoms with Crippen molar-refractivity contribution in [2.24, 2.45) is 16.1 Å². The van der Waals surface area contributed by atoms with Crippen LogP contribution in [0.4, 0.5) is 0 Å². The highest BCUT2D eigenvalue weighted by molar-refractivity contribution is 5.83. The van der Waals surface area contributed by atoms with Crippen LogP contribution < -0.4 is 10.5 Å². The molecule has 0 aromatic heterocycles. The third-order valence-corrected chi connectivity index (χ3v) is 7.48. The number of nitrogens with two attached hydrogens (primary N) is 1. The first kappa shape index (κ1) is 19.4. The van der Waals surface area contributed by atoms with Gasteiger partial charge >= 0.3 is 0 Å². The summed E-state index contributed by atoms with van der Waals surface area (Å²) in [4.78, 5) is 4.92. The van der Waals surface area contributed by atoms with E-state index in [2.05, 4.69) is 74.5 Å². The van der Waals surface area contributed by atoms with Gasteiger partial charge in [0.1, 0.15) is 23.5 Å². The molecule has 1 atom stereocenters.